The van der Waals surface area contributed by atoms with E-state index in [4.69, 9.17) is 11.5 Å². The van der Waals surface area contributed by atoms with Crippen LogP contribution in [0.2, 0.25) is 0 Å². The molecule has 0 unspecified atom stereocenters. The summed E-state index contributed by atoms with van der Waals surface area (Å²) in [6, 6.07) is 0. The molecule has 0 saturated heterocycles. The molecule has 2 heterocycles. The van der Waals surface area contributed by atoms with Gasteiger partial charge in [0.05, 0.1) is 0 Å². The normalized spacial score (nSPS) is 9.44. The van der Waals surface area contributed by atoms with Gasteiger partial charge in [0.25, 0.3) is 0 Å². The van der Waals surface area contributed by atoms with Gasteiger partial charge in [0, 0.05) is 19.4 Å². The fraction of sp³-hybridized carbons (Fsp3) is 0.200. The van der Waals surface area contributed by atoms with E-state index >= 15 is 0 Å². The summed E-state index contributed by atoms with van der Waals surface area (Å²) < 4.78 is 1.85. The molecule has 4 N–H and O–H groups in total. The van der Waals surface area contributed by atoms with E-state index in [1.807, 2.05) is 24.7 Å². The second-order valence-electron chi connectivity index (χ2n) is 3.17. The predicted octanol–water partition coefficient (Wildman–Crippen LogP) is 1.11. The monoisotopic (exact) mass is 265 g/mol. The van der Waals surface area contributed by atoms with Gasteiger partial charge in [0.15, 0.2) is 5.16 Å². The van der Waals surface area contributed by atoms with Gasteiger partial charge in [-0.15, -0.1) is 6.58 Å². The lowest BCUT2D eigenvalue weighted by atomic mass is 10.8. The number of anilines is 2. The lowest BCUT2D eigenvalue weighted by molar-refractivity contribution is 0.784. The Morgan fingerprint density at radius 1 is 1.28 bits per heavy atom. The zero-order chi connectivity index (χ0) is 13.5. The van der Waals surface area contributed by atoms with Crippen LogP contribution >= 0.6 is 11.8 Å². The minimum Gasteiger partial charge on any atom is -0.368 e. The van der Waals surface area contributed by atoms with Crippen molar-refractivity contribution in [2.75, 3.05) is 11.5 Å². The molecule has 0 fully saturated rings. The molecule has 2 aromatic heterocycles. The van der Waals surface area contributed by atoms with Crippen LogP contribution in [0, 0.1) is 0 Å². The summed E-state index contributed by atoms with van der Waals surface area (Å²) in [6.07, 6.45) is 5.27. The van der Waals surface area contributed by atoms with Gasteiger partial charge < -0.3 is 16.0 Å². The van der Waals surface area contributed by atoms with Crippen LogP contribution < -0.4 is 11.5 Å². The van der Waals surface area contributed by atoms with Crippen LogP contribution in [0.25, 0.3) is 0 Å². The molecule has 0 amide bonds. The second-order valence-corrected chi connectivity index (χ2v) is 4.10. The molecule has 0 bridgehead atoms. The molecule has 0 aliphatic carbocycles. The third-order valence-corrected chi connectivity index (χ3v) is 2.55. The first kappa shape index (κ1) is 14.0. The first-order valence-electron chi connectivity index (χ1n) is 5.06. The van der Waals surface area contributed by atoms with Crippen molar-refractivity contribution in [2.24, 2.45) is 7.05 Å². The number of nitrogen functional groups attached to an aromatic ring is 2. The van der Waals surface area contributed by atoms with E-state index < -0.39 is 0 Å². The fourth-order valence-electron chi connectivity index (χ4n) is 0.966. The van der Waals surface area contributed by atoms with Gasteiger partial charge in [-0.05, 0) is 18.7 Å². The Bertz CT molecular complexity index is 502. The summed E-state index contributed by atoms with van der Waals surface area (Å²) in [5.41, 5.74) is 10.9. The minimum absolute atomic E-state index is 0.110. The van der Waals surface area contributed by atoms with Crippen LogP contribution in [0.3, 0.4) is 0 Å². The molecule has 96 valence electrons. The number of hydrogen-bond acceptors (Lipinski definition) is 7. The largest absolute Gasteiger partial charge is 0.368 e. The van der Waals surface area contributed by atoms with E-state index in [0.717, 1.165) is 5.16 Å². The molecule has 2 rings (SSSR count). The first-order valence-corrected chi connectivity index (χ1v) is 5.87. The molecule has 8 heteroatoms. The summed E-state index contributed by atoms with van der Waals surface area (Å²) in [5, 5.41) is 1.20. The van der Waals surface area contributed by atoms with Gasteiger partial charge in [0.1, 0.15) is 0 Å². The van der Waals surface area contributed by atoms with Crippen molar-refractivity contribution >= 4 is 23.7 Å². The van der Waals surface area contributed by atoms with Crippen LogP contribution in [0.1, 0.15) is 6.92 Å². The van der Waals surface area contributed by atoms with Gasteiger partial charge >= 0.3 is 0 Å². The van der Waals surface area contributed by atoms with Crippen molar-refractivity contribution in [1.29, 1.82) is 0 Å². The van der Waals surface area contributed by atoms with E-state index in [1.165, 1.54) is 11.8 Å². The quantitative estimate of drug-likeness (QED) is 0.783. The van der Waals surface area contributed by atoms with E-state index in [-0.39, 0.29) is 11.9 Å². The predicted molar refractivity (Wildman–Crippen MR) is 71.9 cm³/mol. The van der Waals surface area contributed by atoms with Crippen LogP contribution in [0.4, 0.5) is 11.9 Å². The Kier molecular flexibility index (Phi) is 5.12. The third-order valence-electron chi connectivity index (χ3n) is 1.61. The van der Waals surface area contributed by atoms with Crippen LogP contribution in [-0.2, 0) is 7.05 Å². The number of imidazole rings is 1. The molecule has 18 heavy (non-hydrogen) atoms. The van der Waals surface area contributed by atoms with Crippen molar-refractivity contribution < 1.29 is 0 Å². The Morgan fingerprint density at radius 3 is 2.28 bits per heavy atom. The Hall–Kier alpha value is -2.09. The van der Waals surface area contributed by atoms with E-state index in [2.05, 4.69) is 26.5 Å². The number of allylic oxidation sites excluding steroid dienone is 1. The molecule has 0 aliphatic rings. The second kappa shape index (κ2) is 6.60. The van der Waals surface area contributed by atoms with Crippen LogP contribution in [0.5, 0.6) is 0 Å². The molecule has 0 aromatic carbocycles. The standard InChI is InChI=1S/C7H9N7S.C3H6/c1-14-3-2-10-7(14)15-6-12-4(8)11-5(9)13-6;1-3-2/h2-3H,1H3,(H4,8,9,11,12,13);3H,1H2,2H3. The summed E-state index contributed by atoms with van der Waals surface area (Å²) in [5.74, 6) is 0.221. The third kappa shape index (κ3) is 4.06. The van der Waals surface area contributed by atoms with Crippen molar-refractivity contribution in [2.45, 2.75) is 17.2 Å². The van der Waals surface area contributed by atoms with Crippen molar-refractivity contribution in [1.82, 2.24) is 24.5 Å². The molecule has 0 radical (unpaired) electrons. The number of aromatic nitrogens is 5. The Balaban J connectivity index is 0.000000492. The summed E-state index contributed by atoms with van der Waals surface area (Å²) in [7, 11) is 1.88. The topological polar surface area (TPSA) is 109 Å². The highest BCUT2D eigenvalue weighted by molar-refractivity contribution is 7.99. The highest BCUT2D eigenvalue weighted by atomic mass is 32.2. The van der Waals surface area contributed by atoms with Gasteiger partial charge in [-0.3, -0.25) is 0 Å². The van der Waals surface area contributed by atoms with Crippen molar-refractivity contribution in [3.05, 3.63) is 25.0 Å². The lowest BCUT2D eigenvalue weighted by Gasteiger charge is -2.01. The highest BCUT2D eigenvalue weighted by Crippen LogP contribution is 2.22. The number of hydrogen-bond donors (Lipinski definition) is 2. The van der Waals surface area contributed by atoms with Crippen molar-refractivity contribution in [3.63, 3.8) is 0 Å². The van der Waals surface area contributed by atoms with E-state index in [1.54, 1.807) is 12.3 Å². The smallest absolute Gasteiger partial charge is 0.225 e. The zero-order valence-corrected chi connectivity index (χ0v) is 11.1. The van der Waals surface area contributed by atoms with Gasteiger partial charge in [-0.1, -0.05) is 6.08 Å². The maximum atomic E-state index is 5.44. The highest BCUT2D eigenvalue weighted by Gasteiger charge is 2.07. The molecule has 0 saturated carbocycles. The molecule has 7 nitrogen and oxygen atoms in total. The van der Waals surface area contributed by atoms with Gasteiger partial charge in [-0.2, -0.15) is 15.0 Å². The van der Waals surface area contributed by atoms with E-state index in [9.17, 15) is 0 Å². The minimum atomic E-state index is 0.110. The van der Waals surface area contributed by atoms with Crippen LogP contribution in [-0.4, -0.2) is 24.5 Å². The van der Waals surface area contributed by atoms with E-state index in [0.29, 0.717) is 5.16 Å². The number of nitrogens with zero attached hydrogens (tertiary/aromatic N) is 5. The average Bonchev–Trinajstić information content (AvgIpc) is 2.64. The zero-order valence-electron chi connectivity index (χ0n) is 10.2. The first-order chi connectivity index (χ1) is 8.56. The molecule has 0 spiro atoms. The molecule has 0 aliphatic heterocycles. The maximum absolute atomic E-state index is 5.44. The Labute approximate surface area is 109 Å². The average molecular weight is 265 g/mol. The number of rotatable bonds is 2. The summed E-state index contributed by atoms with van der Waals surface area (Å²) in [6.45, 7) is 5.25. The molecular weight excluding hydrogens is 250 g/mol. The molecular formula is C10H15N7S. The summed E-state index contributed by atoms with van der Waals surface area (Å²) in [4.78, 5) is 15.7. The van der Waals surface area contributed by atoms with Crippen LogP contribution in [0.15, 0.2) is 35.4 Å². The lowest BCUT2D eigenvalue weighted by Crippen LogP contribution is -2.04. The Morgan fingerprint density at radius 2 is 1.83 bits per heavy atom. The maximum Gasteiger partial charge on any atom is 0.225 e. The van der Waals surface area contributed by atoms with Gasteiger partial charge in [-0.25, -0.2) is 4.98 Å². The van der Waals surface area contributed by atoms with Crippen molar-refractivity contribution in [3.8, 4) is 0 Å². The fourth-order valence-corrected chi connectivity index (χ4v) is 1.73. The summed E-state index contributed by atoms with van der Waals surface area (Å²) >= 11 is 1.28. The number of nitrogens with two attached hydrogens (primary N) is 2. The molecule has 2 aromatic rings. The SMILES string of the molecule is C=CC.Cn1ccnc1Sc1nc(N)nc(N)n1. The molecule has 0 atom stereocenters. The van der Waals surface area contributed by atoms with Gasteiger partial charge in [0.2, 0.25) is 17.1 Å². The number of aryl methyl sites for hydroxylation is 1.